The van der Waals surface area contributed by atoms with Gasteiger partial charge in [-0.15, -0.1) is 0 Å². The zero-order valence-electron chi connectivity index (χ0n) is 17.9. The van der Waals surface area contributed by atoms with Crippen molar-refractivity contribution in [2.45, 2.75) is 39.2 Å². The third kappa shape index (κ3) is 5.94. The van der Waals surface area contributed by atoms with Crippen LogP contribution in [0, 0.1) is 5.82 Å². The molecule has 0 aliphatic carbocycles. The van der Waals surface area contributed by atoms with Crippen LogP contribution in [0.15, 0.2) is 36.5 Å². The quantitative estimate of drug-likeness (QED) is 0.704. The molecule has 8 heteroatoms. The van der Waals surface area contributed by atoms with Crippen LogP contribution in [0.3, 0.4) is 0 Å². The van der Waals surface area contributed by atoms with E-state index in [4.69, 9.17) is 11.6 Å². The van der Waals surface area contributed by atoms with Crippen LogP contribution in [0.2, 0.25) is 5.02 Å². The molecule has 3 rings (SSSR count). The van der Waals surface area contributed by atoms with Crippen molar-refractivity contribution in [2.75, 3.05) is 31.1 Å². The smallest absolute Gasteiger partial charge is 0.253 e. The third-order valence-corrected chi connectivity index (χ3v) is 5.81. The SMILES string of the molecule is CCCC(C)NC(=O)c1ccc(N2CCN(C(=O)Cc3c(F)cccc3Cl)CC2)nc1. The molecule has 1 atom stereocenters. The molecular formula is C23H28ClFN4O2. The highest BCUT2D eigenvalue weighted by Crippen LogP contribution is 2.21. The van der Waals surface area contributed by atoms with Gasteiger partial charge < -0.3 is 15.1 Å². The summed E-state index contributed by atoms with van der Waals surface area (Å²) in [6.07, 6.45) is 3.48. The van der Waals surface area contributed by atoms with Gasteiger partial charge in [0.15, 0.2) is 0 Å². The Morgan fingerprint density at radius 1 is 1.19 bits per heavy atom. The molecule has 166 valence electrons. The van der Waals surface area contributed by atoms with Gasteiger partial charge in [-0.2, -0.15) is 0 Å². The lowest BCUT2D eigenvalue weighted by Gasteiger charge is -2.35. The Morgan fingerprint density at radius 3 is 2.55 bits per heavy atom. The molecule has 0 bridgehead atoms. The van der Waals surface area contributed by atoms with E-state index >= 15 is 0 Å². The van der Waals surface area contributed by atoms with E-state index in [0.717, 1.165) is 18.7 Å². The molecular weight excluding hydrogens is 419 g/mol. The third-order valence-electron chi connectivity index (χ3n) is 5.46. The molecule has 1 unspecified atom stereocenters. The summed E-state index contributed by atoms with van der Waals surface area (Å²) in [7, 11) is 0. The van der Waals surface area contributed by atoms with E-state index in [-0.39, 0.29) is 34.9 Å². The van der Waals surface area contributed by atoms with Gasteiger partial charge in [0, 0.05) is 49.0 Å². The van der Waals surface area contributed by atoms with E-state index in [2.05, 4.69) is 22.1 Å². The number of pyridine rings is 1. The molecule has 2 aromatic rings. The number of rotatable bonds is 7. The number of halogens is 2. The number of hydrogen-bond donors (Lipinski definition) is 1. The number of nitrogens with zero attached hydrogens (tertiary/aromatic N) is 3. The first-order chi connectivity index (χ1) is 14.9. The monoisotopic (exact) mass is 446 g/mol. The van der Waals surface area contributed by atoms with Crippen LogP contribution in [0.5, 0.6) is 0 Å². The minimum atomic E-state index is -0.461. The number of amides is 2. The highest BCUT2D eigenvalue weighted by atomic mass is 35.5. The van der Waals surface area contributed by atoms with Crippen LogP contribution >= 0.6 is 11.6 Å². The molecule has 1 aliphatic heterocycles. The fourth-order valence-electron chi connectivity index (χ4n) is 3.67. The molecule has 31 heavy (non-hydrogen) atoms. The zero-order chi connectivity index (χ0) is 22.4. The molecule has 1 saturated heterocycles. The highest BCUT2D eigenvalue weighted by molar-refractivity contribution is 6.31. The second kappa shape index (κ2) is 10.6. The summed E-state index contributed by atoms with van der Waals surface area (Å²) in [5.41, 5.74) is 0.766. The summed E-state index contributed by atoms with van der Waals surface area (Å²) in [5, 5.41) is 3.24. The lowest BCUT2D eigenvalue weighted by molar-refractivity contribution is -0.130. The van der Waals surface area contributed by atoms with Gasteiger partial charge in [0.05, 0.1) is 12.0 Å². The molecule has 1 aromatic heterocycles. The van der Waals surface area contributed by atoms with E-state index in [1.807, 2.05) is 13.0 Å². The van der Waals surface area contributed by atoms with E-state index in [9.17, 15) is 14.0 Å². The Labute approximate surface area is 187 Å². The second-order valence-electron chi connectivity index (χ2n) is 7.81. The predicted molar refractivity (Wildman–Crippen MR) is 120 cm³/mol. The van der Waals surface area contributed by atoms with Gasteiger partial charge in [-0.3, -0.25) is 9.59 Å². The Kier molecular flexibility index (Phi) is 7.85. The van der Waals surface area contributed by atoms with Crippen molar-refractivity contribution in [1.29, 1.82) is 0 Å². The normalized spacial score (nSPS) is 15.0. The van der Waals surface area contributed by atoms with Gasteiger partial charge in [0.2, 0.25) is 5.91 Å². The Balaban J connectivity index is 1.53. The van der Waals surface area contributed by atoms with Crippen molar-refractivity contribution in [3.05, 3.63) is 58.5 Å². The van der Waals surface area contributed by atoms with Gasteiger partial charge in [-0.05, 0) is 37.6 Å². The predicted octanol–water partition coefficient (Wildman–Crippen LogP) is 3.68. The number of carbonyl (C=O) groups is 2. The lowest BCUT2D eigenvalue weighted by atomic mass is 10.1. The number of hydrogen-bond acceptors (Lipinski definition) is 4. The van der Waals surface area contributed by atoms with Crippen LogP contribution in [-0.4, -0.2) is 53.9 Å². The summed E-state index contributed by atoms with van der Waals surface area (Å²) >= 11 is 6.04. The fourth-order valence-corrected chi connectivity index (χ4v) is 3.90. The fraction of sp³-hybridized carbons (Fsp3) is 0.435. The number of nitrogens with one attached hydrogen (secondary N) is 1. The number of piperazine rings is 1. The van der Waals surface area contributed by atoms with Gasteiger partial charge in [0.25, 0.3) is 5.91 Å². The Bertz CT molecular complexity index is 894. The molecule has 0 radical (unpaired) electrons. The largest absolute Gasteiger partial charge is 0.353 e. The number of anilines is 1. The molecule has 1 aromatic carbocycles. The van der Waals surface area contributed by atoms with Crippen molar-refractivity contribution in [1.82, 2.24) is 15.2 Å². The minimum Gasteiger partial charge on any atom is -0.353 e. The summed E-state index contributed by atoms with van der Waals surface area (Å²) in [4.78, 5) is 33.1. The molecule has 6 nitrogen and oxygen atoms in total. The van der Waals surface area contributed by atoms with Crippen molar-refractivity contribution >= 4 is 29.2 Å². The molecule has 0 spiro atoms. The number of benzene rings is 1. The molecule has 1 aliphatic rings. The Morgan fingerprint density at radius 2 is 1.94 bits per heavy atom. The van der Waals surface area contributed by atoms with Crippen LogP contribution in [0.4, 0.5) is 10.2 Å². The van der Waals surface area contributed by atoms with E-state index < -0.39 is 5.82 Å². The first-order valence-electron chi connectivity index (χ1n) is 10.6. The maximum atomic E-state index is 14.0. The number of aromatic nitrogens is 1. The maximum Gasteiger partial charge on any atom is 0.253 e. The first-order valence-corrected chi connectivity index (χ1v) is 11.0. The van der Waals surface area contributed by atoms with E-state index in [1.165, 1.54) is 12.1 Å². The summed E-state index contributed by atoms with van der Waals surface area (Å²) in [6, 6.07) is 8.15. The van der Waals surface area contributed by atoms with Crippen molar-refractivity contribution in [2.24, 2.45) is 0 Å². The second-order valence-corrected chi connectivity index (χ2v) is 8.22. The van der Waals surface area contributed by atoms with Gasteiger partial charge in [-0.1, -0.05) is 31.0 Å². The summed E-state index contributed by atoms with van der Waals surface area (Å²) < 4.78 is 14.0. The minimum absolute atomic E-state index is 0.0516. The van der Waals surface area contributed by atoms with Crippen LogP contribution in [-0.2, 0) is 11.2 Å². The molecule has 2 amide bonds. The maximum absolute atomic E-state index is 14.0. The molecule has 1 fully saturated rings. The average Bonchev–Trinajstić information content (AvgIpc) is 2.76. The number of carbonyl (C=O) groups excluding carboxylic acids is 2. The van der Waals surface area contributed by atoms with Gasteiger partial charge in [-0.25, -0.2) is 9.37 Å². The lowest BCUT2D eigenvalue weighted by Crippen LogP contribution is -2.49. The standard InChI is InChI=1S/C23H28ClFN4O2/c1-3-5-16(2)27-23(31)17-8-9-21(26-15-17)28-10-12-29(13-11-28)22(30)14-18-19(24)6-4-7-20(18)25/h4,6-9,15-16H,3,5,10-14H2,1-2H3,(H,27,31). The van der Waals surface area contributed by atoms with E-state index in [1.54, 1.807) is 23.2 Å². The van der Waals surface area contributed by atoms with Crippen LogP contribution < -0.4 is 10.2 Å². The van der Waals surface area contributed by atoms with E-state index in [0.29, 0.717) is 31.7 Å². The van der Waals surface area contributed by atoms with Crippen molar-refractivity contribution in [3.8, 4) is 0 Å². The van der Waals surface area contributed by atoms with Crippen LogP contribution in [0.25, 0.3) is 0 Å². The highest BCUT2D eigenvalue weighted by Gasteiger charge is 2.23. The summed E-state index contributed by atoms with van der Waals surface area (Å²) in [5.74, 6) is 0.0364. The Hall–Kier alpha value is -2.67. The van der Waals surface area contributed by atoms with Gasteiger partial charge >= 0.3 is 0 Å². The topological polar surface area (TPSA) is 65.5 Å². The van der Waals surface area contributed by atoms with Crippen molar-refractivity contribution in [3.63, 3.8) is 0 Å². The first kappa shape index (κ1) is 23.0. The molecule has 2 heterocycles. The van der Waals surface area contributed by atoms with Crippen LogP contribution in [0.1, 0.15) is 42.6 Å². The molecule has 0 saturated carbocycles. The van der Waals surface area contributed by atoms with Gasteiger partial charge in [0.1, 0.15) is 11.6 Å². The van der Waals surface area contributed by atoms with Crippen molar-refractivity contribution < 1.29 is 14.0 Å². The average molecular weight is 447 g/mol. The zero-order valence-corrected chi connectivity index (χ0v) is 18.7. The molecule has 1 N–H and O–H groups in total. The summed E-state index contributed by atoms with van der Waals surface area (Å²) in [6.45, 7) is 6.34.